The smallest absolute Gasteiger partial charge is 0.0730 e. The fraction of sp³-hybridized carbons (Fsp3) is 0.500. The molecule has 1 aromatic rings. The van der Waals surface area contributed by atoms with Gasteiger partial charge < -0.3 is 5.73 Å². The van der Waals surface area contributed by atoms with Gasteiger partial charge in [0, 0.05) is 19.5 Å². The maximum Gasteiger partial charge on any atom is 0.0730 e. The van der Waals surface area contributed by atoms with Crippen molar-refractivity contribution in [2.45, 2.75) is 25.8 Å². The normalized spacial score (nSPS) is 21.3. The van der Waals surface area contributed by atoms with E-state index in [1.807, 2.05) is 0 Å². The molecule has 1 atom stereocenters. The molecule has 0 amide bonds. The topological polar surface area (TPSA) is 29.3 Å². The molecule has 1 fully saturated rings. The van der Waals surface area contributed by atoms with Crippen LogP contribution in [-0.2, 0) is 6.54 Å². The number of thiocarbonyl (C=S) groups is 1. The lowest BCUT2D eigenvalue weighted by Gasteiger charge is -2.32. The Morgan fingerprint density at radius 3 is 2.82 bits per heavy atom. The molecule has 1 aromatic carbocycles. The van der Waals surface area contributed by atoms with Crippen LogP contribution < -0.4 is 5.73 Å². The lowest BCUT2D eigenvalue weighted by molar-refractivity contribution is 0.171. The van der Waals surface area contributed by atoms with Gasteiger partial charge in [0.05, 0.1) is 4.99 Å². The van der Waals surface area contributed by atoms with Gasteiger partial charge in [0.2, 0.25) is 0 Å². The first kappa shape index (κ1) is 12.5. The third-order valence-electron chi connectivity index (χ3n) is 3.34. The summed E-state index contributed by atoms with van der Waals surface area (Å²) < 4.78 is 0. The van der Waals surface area contributed by atoms with E-state index >= 15 is 0 Å². The van der Waals surface area contributed by atoms with Gasteiger partial charge in [0.1, 0.15) is 0 Å². The van der Waals surface area contributed by atoms with E-state index in [1.165, 1.54) is 24.9 Å². The van der Waals surface area contributed by atoms with E-state index < -0.39 is 0 Å². The zero-order valence-electron chi connectivity index (χ0n) is 10.1. The largest absolute Gasteiger partial charge is 0.393 e. The first-order chi connectivity index (χ1) is 8.24. The van der Waals surface area contributed by atoms with Crippen molar-refractivity contribution < 1.29 is 0 Å². The Hall–Kier alpha value is -0.930. The molecule has 2 N–H and O–H groups in total. The molecule has 0 saturated carbocycles. The summed E-state index contributed by atoms with van der Waals surface area (Å²) >= 11 is 5.00. The van der Waals surface area contributed by atoms with Crippen molar-refractivity contribution in [1.82, 2.24) is 4.90 Å². The fourth-order valence-electron chi connectivity index (χ4n) is 2.59. The molecule has 1 aliphatic rings. The number of likely N-dealkylation sites (tertiary alicyclic amines) is 1. The van der Waals surface area contributed by atoms with Gasteiger partial charge in [0.25, 0.3) is 0 Å². The molecule has 2 rings (SSSR count). The van der Waals surface area contributed by atoms with Crippen molar-refractivity contribution >= 4 is 17.2 Å². The molecule has 0 aromatic heterocycles. The minimum atomic E-state index is 0.657. The molecule has 0 spiro atoms. The number of hydrogen-bond acceptors (Lipinski definition) is 2. The second-order valence-corrected chi connectivity index (χ2v) is 5.42. The van der Waals surface area contributed by atoms with Gasteiger partial charge in [0.15, 0.2) is 0 Å². The SMILES string of the molecule is NC(=S)CC1CCCN(Cc2ccccc2)C1. The minimum absolute atomic E-state index is 0.657. The second-order valence-electron chi connectivity index (χ2n) is 4.90. The van der Waals surface area contributed by atoms with Crippen molar-refractivity contribution in [3.63, 3.8) is 0 Å². The van der Waals surface area contributed by atoms with Gasteiger partial charge >= 0.3 is 0 Å². The number of hydrogen-bond donors (Lipinski definition) is 1. The Bertz CT molecular complexity index is 364. The van der Waals surface area contributed by atoms with Crippen LogP contribution in [0.25, 0.3) is 0 Å². The van der Waals surface area contributed by atoms with E-state index in [1.54, 1.807) is 0 Å². The van der Waals surface area contributed by atoms with Gasteiger partial charge in [-0.15, -0.1) is 0 Å². The summed E-state index contributed by atoms with van der Waals surface area (Å²) in [6.45, 7) is 3.38. The molecular formula is C14H20N2S. The van der Waals surface area contributed by atoms with Gasteiger partial charge in [-0.25, -0.2) is 0 Å². The van der Waals surface area contributed by atoms with E-state index in [-0.39, 0.29) is 0 Å². The van der Waals surface area contributed by atoms with Crippen molar-refractivity contribution in [3.8, 4) is 0 Å². The monoisotopic (exact) mass is 248 g/mol. The van der Waals surface area contributed by atoms with Crippen LogP contribution in [0.2, 0.25) is 0 Å². The highest BCUT2D eigenvalue weighted by Gasteiger charge is 2.20. The van der Waals surface area contributed by atoms with Crippen molar-refractivity contribution in [2.75, 3.05) is 13.1 Å². The third-order valence-corrected chi connectivity index (χ3v) is 3.51. The summed E-state index contributed by atoms with van der Waals surface area (Å²) in [5.41, 5.74) is 7.03. The van der Waals surface area contributed by atoms with E-state index in [2.05, 4.69) is 35.2 Å². The van der Waals surface area contributed by atoms with Crippen molar-refractivity contribution in [1.29, 1.82) is 0 Å². The lowest BCUT2D eigenvalue weighted by atomic mass is 9.94. The molecule has 17 heavy (non-hydrogen) atoms. The van der Waals surface area contributed by atoms with E-state index in [0.29, 0.717) is 10.9 Å². The summed E-state index contributed by atoms with van der Waals surface area (Å²) in [5, 5.41) is 0. The molecule has 2 nitrogen and oxygen atoms in total. The average molecular weight is 248 g/mol. The Kier molecular flexibility index (Phi) is 4.51. The zero-order valence-corrected chi connectivity index (χ0v) is 11.0. The standard InChI is InChI=1S/C14H20N2S/c15-14(17)9-13-7-4-8-16(11-13)10-12-5-2-1-3-6-12/h1-3,5-6,13H,4,7-11H2,(H2,15,17). The van der Waals surface area contributed by atoms with Gasteiger partial charge in [-0.05, 0) is 30.9 Å². The van der Waals surface area contributed by atoms with Crippen LogP contribution in [0.3, 0.4) is 0 Å². The lowest BCUT2D eigenvalue weighted by Crippen LogP contribution is -2.36. The van der Waals surface area contributed by atoms with Crippen LogP contribution in [0, 0.1) is 5.92 Å². The number of nitrogens with two attached hydrogens (primary N) is 1. The average Bonchev–Trinajstić information content (AvgIpc) is 2.30. The summed E-state index contributed by atoms with van der Waals surface area (Å²) in [7, 11) is 0. The van der Waals surface area contributed by atoms with Crippen LogP contribution in [0.5, 0.6) is 0 Å². The maximum atomic E-state index is 5.63. The summed E-state index contributed by atoms with van der Waals surface area (Å²) in [5.74, 6) is 0.657. The highest BCUT2D eigenvalue weighted by molar-refractivity contribution is 7.80. The van der Waals surface area contributed by atoms with E-state index in [9.17, 15) is 0 Å². The fourth-order valence-corrected chi connectivity index (χ4v) is 2.82. The molecule has 92 valence electrons. The molecule has 1 saturated heterocycles. The molecule has 0 bridgehead atoms. The van der Waals surface area contributed by atoms with Crippen LogP contribution in [0.4, 0.5) is 0 Å². The molecule has 0 aliphatic carbocycles. The first-order valence-corrected chi connectivity index (χ1v) is 6.69. The number of benzene rings is 1. The highest BCUT2D eigenvalue weighted by atomic mass is 32.1. The quantitative estimate of drug-likeness (QED) is 0.830. The summed E-state index contributed by atoms with van der Waals surface area (Å²) in [6, 6.07) is 10.7. The predicted octanol–water partition coefficient (Wildman–Crippen LogP) is 2.57. The minimum Gasteiger partial charge on any atom is -0.393 e. The van der Waals surface area contributed by atoms with Crippen LogP contribution in [-0.4, -0.2) is 23.0 Å². The number of rotatable bonds is 4. The maximum absolute atomic E-state index is 5.63. The van der Waals surface area contributed by atoms with Gasteiger partial charge in [-0.2, -0.15) is 0 Å². The highest BCUT2D eigenvalue weighted by Crippen LogP contribution is 2.21. The van der Waals surface area contributed by atoms with Crippen LogP contribution in [0.1, 0.15) is 24.8 Å². The second kappa shape index (κ2) is 6.12. The van der Waals surface area contributed by atoms with Gasteiger partial charge in [-0.3, -0.25) is 4.90 Å². The Labute approximate surface area is 109 Å². The molecular weight excluding hydrogens is 228 g/mol. The molecule has 1 heterocycles. The molecule has 1 unspecified atom stereocenters. The van der Waals surface area contributed by atoms with Crippen LogP contribution in [0.15, 0.2) is 30.3 Å². The third kappa shape index (κ3) is 4.10. The van der Waals surface area contributed by atoms with Crippen molar-refractivity contribution in [3.05, 3.63) is 35.9 Å². The zero-order chi connectivity index (χ0) is 12.1. The first-order valence-electron chi connectivity index (χ1n) is 6.28. The Morgan fingerprint density at radius 2 is 2.12 bits per heavy atom. The predicted molar refractivity (Wildman–Crippen MR) is 75.8 cm³/mol. The van der Waals surface area contributed by atoms with Crippen LogP contribution >= 0.6 is 12.2 Å². The summed E-state index contributed by atoms with van der Waals surface area (Å²) in [6.07, 6.45) is 3.43. The molecule has 3 heteroatoms. The Balaban J connectivity index is 1.87. The van der Waals surface area contributed by atoms with Gasteiger partial charge in [-0.1, -0.05) is 42.5 Å². The Morgan fingerprint density at radius 1 is 1.35 bits per heavy atom. The van der Waals surface area contributed by atoms with E-state index in [0.717, 1.165) is 19.5 Å². The van der Waals surface area contributed by atoms with E-state index in [4.69, 9.17) is 18.0 Å². The molecule has 1 aliphatic heterocycles. The number of piperidine rings is 1. The number of nitrogens with zero attached hydrogens (tertiary/aromatic N) is 1. The molecule has 0 radical (unpaired) electrons. The van der Waals surface area contributed by atoms with Crippen molar-refractivity contribution in [2.24, 2.45) is 11.7 Å². The summed E-state index contributed by atoms with van der Waals surface area (Å²) in [4.78, 5) is 3.18.